The zero-order valence-corrected chi connectivity index (χ0v) is 17.8. The van der Waals surface area contributed by atoms with Gasteiger partial charge in [-0.3, -0.25) is 4.79 Å². The van der Waals surface area contributed by atoms with Gasteiger partial charge in [-0.05, 0) is 55.2 Å². The van der Waals surface area contributed by atoms with Gasteiger partial charge in [0.05, 0.1) is 13.2 Å². The minimum absolute atomic E-state index is 0.0143. The molecule has 1 atom stereocenters. The van der Waals surface area contributed by atoms with Crippen LogP contribution in [0.3, 0.4) is 0 Å². The molecular weight excluding hydrogens is 394 g/mol. The van der Waals surface area contributed by atoms with Crippen molar-refractivity contribution in [2.24, 2.45) is 0 Å². The van der Waals surface area contributed by atoms with Crippen LogP contribution in [0.4, 0.5) is 4.79 Å². The summed E-state index contributed by atoms with van der Waals surface area (Å²) in [4.78, 5) is 29.8. The van der Waals surface area contributed by atoms with Gasteiger partial charge in [-0.1, -0.05) is 23.8 Å². The summed E-state index contributed by atoms with van der Waals surface area (Å²) in [5, 5.41) is 13.9. The van der Waals surface area contributed by atoms with E-state index in [9.17, 15) is 14.7 Å². The fraction of sp³-hybridized carbons (Fsp3) is 0.333. The molecule has 162 valence electrons. The Bertz CT molecular complexity index is 1120. The van der Waals surface area contributed by atoms with Crippen molar-refractivity contribution in [3.8, 4) is 5.75 Å². The minimum atomic E-state index is -0.499. The second-order valence-electron chi connectivity index (χ2n) is 7.92. The number of alkyl carbamates (subject to hydrolysis) is 1. The van der Waals surface area contributed by atoms with Crippen molar-refractivity contribution >= 4 is 22.9 Å². The van der Waals surface area contributed by atoms with Crippen LogP contribution in [-0.4, -0.2) is 47.2 Å². The third-order valence-corrected chi connectivity index (χ3v) is 5.81. The van der Waals surface area contributed by atoms with Gasteiger partial charge in [0.2, 0.25) is 5.91 Å². The molecule has 3 aromatic rings. The van der Waals surface area contributed by atoms with Gasteiger partial charge in [-0.2, -0.15) is 0 Å². The molecule has 1 aromatic heterocycles. The molecule has 3 N–H and O–H groups in total. The summed E-state index contributed by atoms with van der Waals surface area (Å²) in [6.45, 7) is 3.05. The van der Waals surface area contributed by atoms with E-state index in [1.807, 2.05) is 11.0 Å². The van der Waals surface area contributed by atoms with Gasteiger partial charge in [0.1, 0.15) is 5.75 Å². The van der Waals surface area contributed by atoms with Gasteiger partial charge in [0.25, 0.3) is 0 Å². The van der Waals surface area contributed by atoms with E-state index in [4.69, 9.17) is 0 Å². The number of carbonyl (C=O) groups is 2. The minimum Gasteiger partial charge on any atom is -0.508 e. The highest BCUT2D eigenvalue weighted by atomic mass is 16.5. The molecule has 2 amide bonds. The number of nitrogens with zero attached hydrogens (tertiary/aromatic N) is 1. The number of nitrogens with one attached hydrogen (secondary N) is 2. The molecular formula is C24H27N3O4. The number of fused-ring (bicyclic) bond motifs is 3. The Hall–Kier alpha value is -3.48. The molecule has 0 saturated carbocycles. The molecule has 2 heterocycles. The third kappa shape index (κ3) is 4.21. The Balaban J connectivity index is 1.65. The van der Waals surface area contributed by atoms with Crippen molar-refractivity contribution in [3.63, 3.8) is 0 Å². The number of ether oxygens (including phenoxy) is 1. The fourth-order valence-electron chi connectivity index (χ4n) is 4.36. The first-order valence-corrected chi connectivity index (χ1v) is 10.5. The smallest absolute Gasteiger partial charge is 0.406 e. The number of aromatic nitrogens is 1. The van der Waals surface area contributed by atoms with E-state index in [0.29, 0.717) is 25.9 Å². The SMILES string of the molecule is COC(=O)NCCCC(=O)N1CCc2c([nH]c3ccc(C)cc23)C1c1cccc(O)c1. The van der Waals surface area contributed by atoms with Gasteiger partial charge in [0, 0.05) is 36.1 Å². The first kappa shape index (κ1) is 20.8. The molecule has 31 heavy (non-hydrogen) atoms. The highest BCUT2D eigenvalue weighted by molar-refractivity contribution is 5.87. The zero-order valence-electron chi connectivity index (χ0n) is 17.8. The molecule has 0 spiro atoms. The van der Waals surface area contributed by atoms with Gasteiger partial charge < -0.3 is 25.0 Å². The molecule has 0 radical (unpaired) electrons. The van der Waals surface area contributed by atoms with Crippen molar-refractivity contribution in [1.29, 1.82) is 0 Å². The Labute approximate surface area is 181 Å². The van der Waals surface area contributed by atoms with Gasteiger partial charge in [-0.25, -0.2) is 4.79 Å². The Morgan fingerprint density at radius 1 is 1.26 bits per heavy atom. The van der Waals surface area contributed by atoms with E-state index in [-0.39, 0.29) is 17.7 Å². The molecule has 4 rings (SSSR count). The van der Waals surface area contributed by atoms with Crippen LogP contribution in [0, 0.1) is 6.92 Å². The maximum atomic E-state index is 13.2. The number of hydrogen-bond donors (Lipinski definition) is 3. The molecule has 1 aliphatic rings. The predicted octanol–water partition coefficient (Wildman–Crippen LogP) is 3.79. The number of benzene rings is 2. The normalized spacial score (nSPS) is 15.5. The van der Waals surface area contributed by atoms with Crippen LogP contribution >= 0.6 is 0 Å². The first-order valence-electron chi connectivity index (χ1n) is 10.5. The lowest BCUT2D eigenvalue weighted by Crippen LogP contribution is -2.40. The fourth-order valence-corrected chi connectivity index (χ4v) is 4.36. The number of H-pyrrole nitrogens is 1. The van der Waals surface area contributed by atoms with E-state index >= 15 is 0 Å². The highest BCUT2D eigenvalue weighted by Crippen LogP contribution is 2.39. The Kier molecular flexibility index (Phi) is 5.84. The number of aromatic amines is 1. The molecule has 1 aliphatic heterocycles. The average molecular weight is 421 g/mol. The molecule has 2 aromatic carbocycles. The second-order valence-corrected chi connectivity index (χ2v) is 7.92. The maximum Gasteiger partial charge on any atom is 0.406 e. The largest absolute Gasteiger partial charge is 0.508 e. The van der Waals surface area contributed by atoms with Crippen molar-refractivity contribution < 1.29 is 19.4 Å². The Morgan fingerprint density at radius 3 is 2.87 bits per heavy atom. The average Bonchev–Trinajstić information content (AvgIpc) is 3.13. The standard InChI is InChI=1S/C24H27N3O4/c1-15-8-9-20-19(13-15)18-10-12-27(21(29)7-4-11-25-24(30)31-2)23(22(18)26-20)16-5-3-6-17(28)14-16/h3,5-6,8-9,13-14,23,26,28H,4,7,10-12H2,1-2H3,(H,25,30). The van der Waals surface area contributed by atoms with Gasteiger partial charge in [0.15, 0.2) is 0 Å². The molecule has 0 bridgehead atoms. The number of phenols is 1. The molecule has 0 saturated heterocycles. The molecule has 7 heteroatoms. The molecule has 0 fully saturated rings. The van der Waals surface area contributed by atoms with E-state index in [0.717, 1.165) is 23.2 Å². The number of phenolic OH excluding ortho intramolecular Hbond substituents is 1. The van der Waals surface area contributed by atoms with Crippen LogP contribution < -0.4 is 5.32 Å². The second kappa shape index (κ2) is 8.71. The lowest BCUT2D eigenvalue weighted by molar-refractivity contribution is -0.133. The number of rotatable bonds is 5. The van der Waals surface area contributed by atoms with Crippen LogP contribution in [0.1, 0.15) is 41.3 Å². The lowest BCUT2D eigenvalue weighted by atomic mass is 9.91. The van der Waals surface area contributed by atoms with Crippen molar-refractivity contribution in [2.45, 2.75) is 32.2 Å². The number of hydrogen-bond acceptors (Lipinski definition) is 4. The summed E-state index contributed by atoms with van der Waals surface area (Å²) >= 11 is 0. The monoisotopic (exact) mass is 421 g/mol. The van der Waals surface area contributed by atoms with Crippen LogP contribution in [0.25, 0.3) is 10.9 Å². The number of aromatic hydroxyl groups is 1. The summed E-state index contributed by atoms with van der Waals surface area (Å²) in [6, 6.07) is 13.1. The number of aryl methyl sites for hydroxylation is 1. The highest BCUT2D eigenvalue weighted by Gasteiger charge is 2.34. The van der Waals surface area contributed by atoms with E-state index in [1.165, 1.54) is 23.6 Å². The van der Waals surface area contributed by atoms with Crippen molar-refractivity contribution in [1.82, 2.24) is 15.2 Å². The van der Waals surface area contributed by atoms with Crippen molar-refractivity contribution in [3.05, 3.63) is 64.8 Å². The number of carbonyl (C=O) groups excluding carboxylic acids is 2. The molecule has 1 unspecified atom stereocenters. The summed E-state index contributed by atoms with van der Waals surface area (Å²) in [6.07, 6.45) is 1.10. The Morgan fingerprint density at radius 2 is 2.10 bits per heavy atom. The first-order chi connectivity index (χ1) is 15.0. The topological polar surface area (TPSA) is 94.7 Å². The molecule has 0 aliphatic carbocycles. The van der Waals surface area contributed by atoms with E-state index in [1.54, 1.807) is 18.2 Å². The van der Waals surface area contributed by atoms with Crippen molar-refractivity contribution in [2.75, 3.05) is 20.2 Å². The number of methoxy groups -OCH3 is 1. The van der Waals surface area contributed by atoms with Crippen LogP contribution in [0.15, 0.2) is 42.5 Å². The number of amides is 2. The predicted molar refractivity (Wildman–Crippen MR) is 118 cm³/mol. The van der Waals surface area contributed by atoms with Crippen LogP contribution in [-0.2, 0) is 16.0 Å². The summed E-state index contributed by atoms with van der Waals surface area (Å²) in [5.41, 5.74) is 5.34. The quantitative estimate of drug-likeness (QED) is 0.546. The summed E-state index contributed by atoms with van der Waals surface area (Å²) < 4.78 is 4.56. The third-order valence-electron chi connectivity index (χ3n) is 5.81. The van der Waals surface area contributed by atoms with Crippen LogP contribution in [0.5, 0.6) is 5.75 Å². The zero-order chi connectivity index (χ0) is 22.0. The van der Waals surface area contributed by atoms with Gasteiger partial charge in [-0.15, -0.1) is 0 Å². The maximum absolute atomic E-state index is 13.2. The van der Waals surface area contributed by atoms with E-state index in [2.05, 4.69) is 40.2 Å². The van der Waals surface area contributed by atoms with Gasteiger partial charge >= 0.3 is 6.09 Å². The summed E-state index contributed by atoms with van der Waals surface area (Å²) in [7, 11) is 1.31. The lowest BCUT2D eigenvalue weighted by Gasteiger charge is -2.36. The molecule has 7 nitrogen and oxygen atoms in total. The van der Waals surface area contributed by atoms with Crippen LogP contribution in [0.2, 0.25) is 0 Å². The summed E-state index contributed by atoms with van der Waals surface area (Å²) in [5.74, 6) is 0.187. The van der Waals surface area contributed by atoms with E-state index < -0.39 is 6.09 Å².